The molecule has 0 saturated carbocycles. The predicted octanol–water partition coefficient (Wildman–Crippen LogP) is 3.76. The van der Waals surface area contributed by atoms with Crippen molar-refractivity contribution in [2.75, 3.05) is 0 Å². The largest absolute Gasteiger partial charge is 0.508 e. The number of aromatic hydroxyl groups is 1. The van der Waals surface area contributed by atoms with E-state index in [1.54, 1.807) is 19.1 Å². The Bertz CT molecular complexity index is 537. The first-order chi connectivity index (χ1) is 8.68. The van der Waals surface area contributed by atoms with Crippen LogP contribution in [0.15, 0.2) is 54.6 Å². The minimum absolute atomic E-state index is 0.0344. The minimum atomic E-state index is -0.162. The van der Waals surface area contributed by atoms with Crippen molar-refractivity contribution < 1.29 is 9.90 Å². The van der Waals surface area contributed by atoms with E-state index in [-0.39, 0.29) is 16.1 Å². The second kappa shape index (κ2) is 5.74. The Kier molecular flexibility index (Phi) is 4.05. The molecule has 0 aliphatic carbocycles. The van der Waals surface area contributed by atoms with Crippen LogP contribution in [0.1, 0.15) is 23.3 Å². The lowest BCUT2D eigenvalue weighted by Gasteiger charge is -2.17. The fourth-order valence-corrected chi connectivity index (χ4v) is 2.77. The van der Waals surface area contributed by atoms with Crippen LogP contribution in [-0.2, 0) is 4.79 Å². The summed E-state index contributed by atoms with van der Waals surface area (Å²) < 4.78 is 0. The quantitative estimate of drug-likeness (QED) is 0.910. The monoisotopic (exact) mass is 258 g/mol. The molecule has 2 aromatic carbocycles. The van der Waals surface area contributed by atoms with Crippen molar-refractivity contribution in [2.45, 2.75) is 12.2 Å². The van der Waals surface area contributed by atoms with Crippen LogP contribution >= 0.6 is 11.8 Å². The lowest BCUT2D eigenvalue weighted by atomic mass is 10.0. The van der Waals surface area contributed by atoms with E-state index >= 15 is 0 Å². The first kappa shape index (κ1) is 12.7. The fourth-order valence-electron chi connectivity index (χ4n) is 1.81. The van der Waals surface area contributed by atoms with Gasteiger partial charge in [0.15, 0.2) is 5.12 Å². The predicted molar refractivity (Wildman–Crippen MR) is 74.7 cm³/mol. The summed E-state index contributed by atoms with van der Waals surface area (Å²) in [5.74, 6) is 0.222. The molecule has 18 heavy (non-hydrogen) atoms. The SMILES string of the molecule is CC(=O)S[C@@H](c1ccccc1)c1ccccc1O. The zero-order chi connectivity index (χ0) is 13.0. The molecule has 3 heteroatoms. The number of thioether (sulfide) groups is 1. The van der Waals surface area contributed by atoms with Crippen molar-refractivity contribution in [1.82, 2.24) is 0 Å². The maximum Gasteiger partial charge on any atom is 0.186 e. The molecular formula is C15H14O2S. The van der Waals surface area contributed by atoms with Gasteiger partial charge in [-0.1, -0.05) is 60.3 Å². The van der Waals surface area contributed by atoms with Gasteiger partial charge in [0.25, 0.3) is 0 Å². The molecule has 0 amide bonds. The molecule has 0 fully saturated rings. The highest BCUT2D eigenvalue weighted by atomic mass is 32.2. The van der Waals surface area contributed by atoms with Gasteiger partial charge in [-0.3, -0.25) is 4.79 Å². The van der Waals surface area contributed by atoms with E-state index < -0.39 is 0 Å². The average Bonchev–Trinajstić information content (AvgIpc) is 2.38. The molecule has 0 aromatic heterocycles. The van der Waals surface area contributed by atoms with Crippen molar-refractivity contribution in [3.8, 4) is 5.75 Å². The molecule has 1 atom stereocenters. The number of rotatable bonds is 3. The zero-order valence-electron chi connectivity index (χ0n) is 10.0. The van der Waals surface area contributed by atoms with Gasteiger partial charge in [0.05, 0.1) is 5.25 Å². The minimum Gasteiger partial charge on any atom is -0.508 e. The highest BCUT2D eigenvalue weighted by Crippen LogP contribution is 2.39. The Hall–Kier alpha value is -1.74. The van der Waals surface area contributed by atoms with Crippen LogP contribution in [0.5, 0.6) is 5.75 Å². The molecule has 0 bridgehead atoms. The van der Waals surface area contributed by atoms with Crippen molar-refractivity contribution in [3.63, 3.8) is 0 Å². The number of benzene rings is 2. The number of carbonyl (C=O) groups is 1. The molecule has 0 radical (unpaired) electrons. The molecular weight excluding hydrogens is 244 g/mol. The van der Waals surface area contributed by atoms with Crippen LogP contribution in [0.3, 0.4) is 0 Å². The summed E-state index contributed by atoms with van der Waals surface area (Å²) >= 11 is 1.22. The van der Waals surface area contributed by atoms with Crippen LogP contribution in [-0.4, -0.2) is 10.2 Å². The van der Waals surface area contributed by atoms with Crippen molar-refractivity contribution in [2.24, 2.45) is 0 Å². The van der Waals surface area contributed by atoms with E-state index in [9.17, 15) is 9.90 Å². The fraction of sp³-hybridized carbons (Fsp3) is 0.133. The number of hydrogen-bond donors (Lipinski definition) is 1. The Morgan fingerprint density at radius 3 is 2.28 bits per heavy atom. The standard InChI is InChI=1S/C15H14O2S/c1-11(16)18-15(12-7-3-2-4-8-12)13-9-5-6-10-14(13)17/h2-10,15,17H,1H3/t15-/m0/s1. The van der Waals surface area contributed by atoms with E-state index in [0.717, 1.165) is 11.1 Å². The molecule has 2 aromatic rings. The third kappa shape index (κ3) is 2.93. The Morgan fingerprint density at radius 2 is 1.67 bits per heavy atom. The van der Waals surface area contributed by atoms with Gasteiger partial charge in [-0.2, -0.15) is 0 Å². The van der Waals surface area contributed by atoms with Gasteiger partial charge in [-0.15, -0.1) is 0 Å². The normalized spacial score (nSPS) is 12.1. The Morgan fingerprint density at radius 1 is 1.06 bits per heavy atom. The van der Waals surface area contributed by atoms with Crippen LogP contribution in [0.2, 0.25) is 0 Å². The van der Waals surface area contributed by atoms with Gasteiger partial charge in [0, 0.05) is 12.5 Å². The van der Waals surface area contributed by atoms with Gasteiger partial charge >= 0.3 is 0 Å². The van der Waals surface area contributed by atoms with Gasteiger partial charge in [-0.25, -0.2) is 0 Å². The van der Waals surface area contributed by atoms with E-state index in [4.69, 9.17) is 0 Å². The summed E-state index contributed by atoms with van der Waals surface area (Å²) in [6.45, 7) is 1.54. The Balaban J connectivity index is 2.44. The maximum absolute atomic E-state index is 11.4. The van der Waals surface area contributed by atoms with Gasteiger partial charge < -0.3 is 5.11 Å². The second-order valence-corrected chi connectivity index (χ2v) is 5.24. The molecule has 2 nitrogen and oxygen atoms in total. The van der Waals surface area contributed by atoms with Crippen LogP contribution < -0.4 is 0 Å². The summed E-state index contributed by atoms with van der Waals surface area (Å²) in [5, 5.41) is 9.80. The van der Waals surface area contributed by atoms with E-state index in [0.29, 0.717) is 0 Å². The third-order valence-electron chi connectivity index (χ3n) is 2.61. The highest BCUT2D eigenvalue weighted by molar-refractivity contribution is 8.13. The highest BCUT2D eigenvalue weighted by Gasteiger charge is 2.19. The smallest absolute Gasteiger partial charge is 0.186 e. The summed E-state index contributed by atoms with van der Waals surface area (Å²) in [4.78, 5) is 11.4. The third-order valence-corrected chi connectivity index (χ3v) is 3.70. The molecule has 0 aliphatic rings. The Labute approximate surface area is 111 Å². The molecule has 0 aliphatic heterocycles. The molecule has 0 unspecified atom stereocenters. The molecule has 1 N–H and O–H groups in total. The summed E-state index contributed by atoms with van der Waals surface area (Å²) in [6.07, 6.45) is 0. The first-order valence-corrected chi connectivity index (χ1v) is 6.56. The van der Waals surface area contributed by atoms with Crippen molar-refractivity contribution >= 4 is 16.9 Å². The van der Waals surface area contributed by atoms with Crippen LogP contribution in [0.25, 0.3) is 0 Å². The van der Waals surface area contributed by atoms with Crippen LogP contribution in [0, 0.1) is 0 Å². The number of phenols is 1. The van der Waals surface area contributed by atoms with Crippen molar-refractivity contribution in [1.29, 1.82) is 0 Å². The molecule has 0 saturated heterocycles. The lowest BCUT2D eigenvalue weighted by molar-refractivity contribution is -0.109. The second-order valence-electron chi connectivity index (χ2n) is 3.96. The van der Waals surface area contributed by atoms with Gasteiger partial charge in [-0.05, 0) is 11.6 Å². The molecule has 0 spiro atoms. The first-order valence-electron chi connectivity index (χ1n) is 5.68. The number of carbonyl (C=O) groups excluding carboxylic acids is 1. The zero-order valence-corrected chi connectivity index (χ0v) is 10.9. The van der Waals surface area contributed by atoms with Crippen LogP contribution in [0.4, 0.5) is 0 Å². The maximum atomic E-state index is 11.4. The van der Waals surface area contributed by atoms with Gasteiger partial charge in [0.2, 0.25) is 0 Å². The summed E-state index contributed by atoms with van der Waals surface area (Å²) in [6, 6.07) is 16.9. The molecule has 0 heterocycles. The van der Waals surface area contributed by atoms with Gasteiger partial charge in [0.1, 0.15) is 5.75 Å². The summed E-state index contributed by atoms with van der Waals surface area (Å²) in [7, 11) is 0. The molecule has 2 rings (SSSR count). The number of para-hydroxylation sites is 1. The van der Waals surface area contributed by atoms with E-state index in [1.165, 1.54) is 11.8 Å². The lowest BCUT2D eigenvalue weighted by Crippen LogP contribution is -2.00. The summed E-state index contributed by atoms with van der Waals surface area (Å²) in [5.41, 5.74) is 1.78. The van der Waals surface area contributed by atoms with E-state index in [1.807, 2.05) is 42.5 Å². The topological polar surface area (TPSA) is 37.3 Å². The van der Waals surface area contributed by atoms with E-state index in [2.05, 4.69) is 0 Å². The number of phenolic OH excluding ortho intramolecular Hbond substituents is 1. The molecule has 92 valence electrons. The number of hydrogen-bond acceptors (Lipinski definition) is 3. The van der Waals surface area contributed by atoms with Crippen molar-refractivity contribution in [3.05, 3.63) is 65.7 Å². The average molecular weight is 258 g/mol.